The zero-order valence-corrected chi connectivity index (χ0v) is 21.2. The molecule has 2 atom stereocenters. The van der Waals surface area contributed by atoms with E-state index in [4.69, 9.17) is 9.15 Å². The minimum Gasteiger partial charge on any atom is -0.463 e. The smallest absolute Gasteiger partial charge is 0.416 e. The molecule has 0 aliphatic carbocycles. The number of piperazine rings is 1. The first kappa shape index (κ1) is 27.2. The van der Waals surface area contributed by atoms with Crippen LogP contribution in [0, 0.1) is 0 Å². The highest BCUT2D eigenvalue weighted by atomic mass is 19.4. The van der Waals surface area contributed by atoms with Crippen LogP contribution in [0.5, 0.6) is 0 Å². The second kappa shape index (κ2) is 10.9. The number of hydrogen-bond donors (Lipinski definition) is 1. The summed E-state index contributed by atoms with van der Waals surface area (Å²) in [6, 6.07) is 5.91. The molecule has 0 saturated carbocycles. The quantitative estimate of drug-likeness (QED) is 0.569. The van der Waals surface area contributed by atoms with Gasteiger partial charge in [0.2, 0.25) is 0 Å². The fourth-order valence-corrected chi connectivity index (χ4v) is 4.74. The first-order chi connectivity index (χ1) is 18.0. The number of amides is 3. The van der Waals surface area contributed by atoms with E-state index in [2.05, 4.69) is 5.32 Å². The molecular formula is C26H29F3N4O5. The lowest BCUT2D eigenvalue weighted by Crippen LogP contribution is -2.56. The molecule has 0 bridgehead atoms. The van der Waals surface area contributed by atoms with Crippen LogP contribution in [-0.2, 0) is 15.7 Å². The minimum atomic E-state index is -4.52. The van der Waals surface area contributed by atoms with Crippen molar-refractivity contribution in [2.75, 3.05) is 39.8 Å². The van der Waals surface area contributed by atoms with Crippen LogP contribution in [0.1, 0.15) is 41.6 Å². The van der Waals surface area contributed by atoms with Crippen LogP contribution in [-0.4, -0.2) is 78.5 Å². The summed E-state index contributed by atoms with van der Waals surface area (Å²) in [7, 11) is 1.52. The number of halogens is 3. The molecule has 38 heavy (non-hydrogen) atoms. The molecule has 0 radical (unpaired) electrons. The summed E-state index contributed by atoms with van der Waals surface area (Å²) < 4.78 is 49.8. The number of alkyl halides is 3. The molecule has 3 amide bonds. The van der Waals surface area contributed by atoms with Gasteiger partial charge in [0.15, 0.2) is 5.76 Å². The van der Waals surface area contributed by atoms with Gasteiger partial charge >= 0.3 is 18.2 Å². The maximum atomic E-state index is 13.1. The van der Waals surface area contributed by atoms with E-state index >= 15 is 0 Å². The Morgan fingerprint density at radius 1 is 1.16 bits per heavy atom. The third kappa shape index (κ3) is 5.54. The van der Waals surface area contributed by atoms with Gasteiger partial charge in [-0.2, -0.15) is 13.2 Å². The van der Waals surface area contributed by atoms with Gasteiger partial charge in [-0.05, 0) is 43.7 Å². The number of nitrogens with zero attached hydrogens (tertiary/aromatic N) is 3. The monoisotopic (exact) mass is 534 g/mol. The highest BCUT2D eigenvalue weighted by molar-refractivity contribution is 5.95. The SMILES string of the molecule is CCOC(=O)C1=C(CN2CCN(C(=O)c3ccco3)C(C)C2)N(C)C(=O)NC1c1ccc(C(F)(F)F)cc1. The van der Waals surface area contributed by atoms with E-state index in [0.29, 0.717) is 30.9 Å². The van der Waals surface area contributed by atoms with Gasteiger partial charge in [0.25, 0.3) is 5.91 Å². The first-order valence-electron chi connectivity index (χ1n) is 12.2. The number of hydrogen-bond acceptors (Lipinski definition) is 6. The van der Waals surface area contributed by atoms with Gasteiger partial charge in [-0.25, -0.2) is 9.59 Å². The predicted molar refractivity (Wildman–Crippen MR) is 130 cm³/mol. The Hall–Kier alpha value is -3.80. The lowest BCUT2D eigenvalue weighted by Gasteiger charge is -2.42. The molecule has 0 spiro atoms. The summed E-state index contributed by atoms with van der Waals surface area (Å²) in [6.07, 6.45) is -3.08. The van der Waals surface area contributed by atoms with Crippen molar-refractivity contribution in [2.45, 2.75) is 32.1 Å². The maximum Gasteiger partial charge on any atom is 0.416 e. The van der Waals surface area contributed by atoms with Crippen LogP contribution in [0.2, 0.25) is 0 Å². The molecule has 1 fully saturated rings. The van der Waals surface area contributed by atoms with Crippen molar-refractivity contribution in [1.82, 2.24) is 20.0 Å². The lowest BCUT2D eigenvalue weighted by atomic mass is 9.93. The largest absolute Gasteiger partial charge is 0.463 e. The predicted octanol–water partition coefficient (Wildman–Crippen LogP) is 3.66. The Labute approximate surface area is 217 Å². The summed E-state index contributed by atoms with van der Waals surface area (Å²) in [5, 5.41) is 2.71. The Bertz CT molecular complexity index is 1210. The van der Waals surface area contributed by atoms with Crippen LogP contribution in [0.3, 0.4) is 0 Å². The molecule has 2 aliphatic heterocycles. The second-order valence-electron chi connectivity index (χ2n) is 9.20. The number of nitrogens with one attached hydrogen (secondary N) is 1. The van der Waals surface area contributed by atoms with E-state index < -0.39 is 29.8 Å². The second-order valence-corrected chi connectivity index (χ2v) is 9.20. The summed E-state index contributed by atoms with van der Waals surface area (Å²) in [4.78, 5) is 43.8. The van der Waals surface area contributed by atoms with Gasteiger partial charge in [-0.3, -0.25) is 14.6 Å². The molecule has 1 N–H and O–H groups in total. The molecule has 2 unspecified atom stereocenters. The van der Waals surface area contributed by atoms with Crippen LogP contribution in [0.25, 0.3) is 0 Å². The number of rotatable bonds is 6. The Kier molecular flexibility index (Phi) is 7.81. The maximum absolute atomic E-state index is 13.1. The van der Waals surface area contributed by atoms with Crippen LogP contribution in [0.4, 0.5) is 18.0 Å². The number of benzene rings is 1. The molecule has 1 saturated heterocycles. The number of furan rings is 1. The van der Waals surface area contributed by atoms with Crippen molar-refractivity contribution in [3.8, 4) is 0 Å². The van der Waals surface area contributed by atoms with Gasteiger partial charge in [0.05, 0.1) is 30.0 Å². The van der Waals surface area contributed by atoms with E-state index in [1.54, 1.807) is 24.0 Å². The third-order valence-corrected chi connectivity index (χ3v) is 6.72. The minimum absolute atomic E-state index is 0.0810. The number of carbonyl (C=O) groups is 3. The number of carbonyl (C=O) groups excluding carboxylic acids is 3. The average Bonchev–Trinajstić information content (AvgIpc) is 3.41. The van der Waals surface area contributed by atoms with Crippen LogP contribution in [0.15, 0.2) is 58.3 Å². The number of ether oxygens (including phenoxy) is 1. The highest BCUT2D eigenvalue weighted by Gasteiger charge is 2.39. The highest BCUT2D eigenvalue weighted by Crippen LogP contribution is 2.34. The topological polar surface area (TPSA) is 95.3 Å². The number of esters is 1. The van der Waals surface area contributed by atoms with Gasteiger partial charge < -0.3 is 19.4 Å². The van der Waals surface area contributed by atoms with E-state index in [9.17, 15) is 27.6 Å². The molecule has 4 rings (SSSR count). The zero-order chi connectivity index (χ0) is 27.6. The molecule has 2 aliphatic rings. The fraction of sp³-hybridized carbons (Fsp3) is 0.423. The summed E-state index contributed by atoms with van der Waals surface area (Å²) in [5.41, 5.74) is 0.0196. The van der Waals surface area contributed by atoms with E-state index in [-0.39, 0.29) is 36.4 Å². The molecule has 3 heterocycles. The number of urea groups is 1. The van der Waals surface area contributed by atoms with E-state index in [1.807, 2.05) is 11.8 Å². The Morgan fingerprint density at radius 3 is 2.45 bits per heavy atom. The van der Waals surface area contributed by atoms with Crippen molar-refractivity contribution in [3.63, 3.8) is 0 Å². The molecular weight excluding hydrogens is 505 g/mol. The zero-order valence-electron chi connectivity index (χ0n) is 21.2. The fourth-order valence-electron chi connectivity index (χ4n) is 4.74. The molecule has 12 heteroatoms. The number of likely N-dealkylation sites (N-methyl/N-ethyl adjacent to an activating group) is 1. The van der Waals surface area contributed by atoms with Gasteiger partial charge in [0, 0.05) is 45.0 Å². The molecule has 2 aromatic rings. The van der Waals surface area contributed by atoms with Gasteiger partial charge in [-0.15, -0.1) is 0 Å². The van der Waals surface area contributed by atoms with Crippen molar-refractivity contribution >= 4 is 17.9 Å². The van der Waals surface area contributed by atoms with Crippen molar-refractivity contribution in [2.24, 2.45) is 0 Å². The summed E-state index contributed by atoms with van der Waals surface area (Å²) in [5.74, 6) is -0.635. The van der Waals surface area contributed by atoms with Gasteiger partial charge in [0.1, 0.15) is 0 Å². The van der Waals surface area contributed by atoms with Crippen molar-refractivity contribution in [1.29, 1.82) is 0 Å². The third-order valence-electron chi connectivity index (χ3n) is 6.72. The van der Waals surface area contributed by atoms with E-state index in [1.165, 1.54) is 30.3 Å². The Morgan fingerprint density at radius 2 is 1.87 bits per heavy atom. The van der Waals surface area contributed by atoms with E-state index in [0.717, 1.165) is 12.1 Å². The average molecular weight is 535 g/mol. The summed E-state index contributed by atoms with van der Waals surface area (Å²) >= 11 is 0. The van der Waals surface area contributed by atoms with Crippen molar-refractivity contribution in [3.05, 3.63) is 70.8 Å². The van der Waals surface area contributed by atoms with Crippen LogP contribution >= 0.6 is 0 Å². The standard InChI is InChI=1S/C26H29F3N4O5/c1-4-37-24(35)21-19(15-32-11-12-33(16(2)14-32)23(34)20-6-5-13-38-20)31(3)25(36)30-22(21)17-7-9-18(10-8-17)26(27,28)29/h5-10,13,16,22H,4,11-12,14-15H2,1-3H3,(H,30,36). The molecule has 9 nitrogen and oxygen atoms in total. The molecule has 1 aromatic carbocycles. The van der Waals surface area contributed by atoms with Crippen molar-refractivity contribution < 1.29 is 36.7 Å². The summed E-state index contributed by atoms with van der Waals surface area (Å²) in [6.45, 7) is 5.16. The normalized spacial score (nSPS) is 20.9. The van der Waals surface area contributed by atoms with Gasteiger partial charge in [-0.1, -0.05) is 12.1 Å². The molecule has 204 valence electrons. The first-order valence-corrected chi connectivity index (χ1v) is 12.2. The lowest BCUT2D eigenvalue weighted by molar-refractivity contribution is -0.139. The molecule has 1 aromatic heterocycles. The Balaban J connectivity index is 1.62. The van der Waals surface area contributed by atoms with Crippen LogP contribution < -0.4 is 5.32 Å².